The highest BCUT2D eigenvalue weighted by atomic mass is 79.9. The Morgan fingerprint density at radius 3 is 2.73 bits per heavy atom. The molecule has 1 amide bonds. The number of aromatic nitrogens is 2. The second kappa shape index (κ2) is 6.36. The number of hydrogen-bond donors (Lipinski definition) is 0. The van der Waals surface area contributed by atoms with E-state index in [2.05, 4.69) is 25.9 Å². The van der Waals surface area contributed by atoms with Gasteiger partial charge in [-0.3, -0.25) is 0 Å². The molecule has 6 nitrogen and oxygen atoms in total. The summed E-state index contributed by atoms with van der Waals surface area (Å²) in [7, 11) is 0. The van der Waals surface area contributed by atoms with Crippen LogP contribution < -0.4 is 4.74 Å². The average Bonchev–Trinajstić information content (AvgIpc) is 2.72. The standard InChI is InChI=1S/C14H19BrFN3O3/c1-8-12(17-5-11(15)18-8)21-10-7-19(6-9(10)16)13(20)22-14(2,3)4/h5,9-10H,6-7H2,1-4H3/t9-,10+/m0/s1. The number of aryl methyl sites for hydroxylation is 1. The third-order valence-electron chi connectivity index (χ3n) is 2.99. The molecule has 1 fully saturated rings. The van der Waals surface area contributed by atoms with E-state index >= 15 is 0 Å². The van der Waals surface area contributed by atoms with E-state index in [1.807, 2.05) is 0 Å². The summed E-state index contributed by atoms with van der Waals surface area (Å²) in [6.07, 6.45) is -1.13. The number of ether oxygens (including phenoxy) is 2. The number of amides is 1. The van der Waals surface area contributed by atoms with Gasteiger partial charge in [0.15, 0.2) is 12.3 Å². The molecule has 22 heavy (non-hydrogen) atoms. The molecule has 2 rings (SSSR count). The Kier molecular flexibility index (Phi) is 4.89. The number of alkyl halides is 1. The van der Waals surface area contributed by atoms with E-state index in [4.69, 9.17) is 9.47 Å². The van der Waals surface area contributed by atoms with Crippen molar-refractivity contribution in [3.63, 3.8) is 0 Å². The van der Waals surface area contributed by atoms with Gasteiger partial charge in [-0.15, -0.1) is 0 Å². The first-order valence-electron chi connectivity index (χ1n) is 6.93. The highest BCUT2D eigenvalue weighted by molar-refractivity contribution is 9.10. The lowest BCUT2D eigenvalue weighted by atomic mass is 10.2. The fraction of sp³-hybridized carbons (Fsp3) is 0.643. The molecule has 1 aromatic rings. The molecule has 0 bridgehead atoms. The van der Waals surface area contributed by atoms with E-state index in [1.165, 1.54) is 11.1 Å². The van der Waals surface area contributed by atoms with Crippen LogP contribution in [-0.2, 0) is 4.74 Å². The molecule has 0 N–H and O–H groups in total. The van der Waals surface area contributed by atoms with Crippen LogP contribution in [0.2, 0.25) is 0 Å². The van der Waals surface area contributed by atoms with E-state index in [0.29, 0.717) is 10.3 Å². The quantitative estimate of drug-likeness (QED) is 0.794. The third-order valence-corrected chi connectivity index (χ3v) is 3.37. The second-order valence-corrected chi connectivity index (χ2v) is 6.95. The van der Waals surface area contributed by atoms with Crippen LogP contribution in [0.1, 0.15) is 26.5 Å². The maximum absolute atomic E-state index is 14.1. The molecule has 122 valence electrons. The van der Waals surface area contributed by atoms with Crippen LogP contribution in [0.4, 0.5) is 9.18 Å². The zero-order valence-electron chi connectivity index (χ0n) is 13.0. The topological polar surface area (TPSA) is 64.6 Å². The molecule has 0 radical (unpaired) electrons. The highest BCUT2D eigenvalue weighted by Crippen LogP contribution is 2.23. The Hall–Kier alpha value is -1.44. The number of likely N-dealkylation sites (tertiary alicyclic amines) is 1. The highest BCUT2D eigenvalue weighted by Gasteiger charge is 2.39. The molecule has 0 saturated carbocycles. The van der Waals surface area contributed by atoms with Crippen molar-refractivity contribution in [2.24, 2.45) is 0 Å². The van der Waals surface area contributed by atoms with Gasteiger partial charge in [0.25, 0.3) is 0 Å². The number of halogens is 2. The molecule has 1 aliphatic rings. The Balaban J connectivity index is 2.00. The largest absolute Gasteiger partial charge is 0.468 e. The van der Waals surface area contributed by atoms with Crippen molar-refractivity contribution in [2.75, 3.05) is 13.1 Å². The number of carbonyl (C=O) groups excluding carboxylic acids is 1. The van der Waals surface area contributed by atoms with Crippen molar-refractivity contribution in [1.29, 1.82) is 0 Å². The van der Waals surface area contributed by atoms with E-state index in [1.54, 1.807) is 27.7 Å². The SMILES string of the molecule is Cc1nc(Br)cnc1O[C@@H]1CN(C(=O)OC(C)(C)C)C[C@@H]1F. The van der Waals surface area contributed by atoms with Crippen molar-refractivity contribution in [1.82, 2.24) is 14.9 Å². The fourth-order valence-corrected chi connectivity index (χ4v) is 2.39. The maximum Gasteiger partial charge on any atom is 0.410 e. The molecule has 0 aromatic carbocycles. The lowest BCUT2D eigenvalue weighted by molar-refractivity contribution is 0.0273. The van der Waals surface area contributed by atoms with Crippen molar-refractivity contribution >= 4 is 22.0 Å². The molecule has 2 atom stereocenters. The lowest BCUT2D eigenvalue weighted by Gasteiger charge is -2.24. The zero-order chi connectivity index (χ0) is 16.5. The summed E-state index contributed by atoms with van der Waals surface area (Å²) in [6, 6.07) is 0. The molecular formula is C14H19BrFN3O3. The Bertz CT molecular complexity index is 565. The fourth-order valence-electron chi connectivity index (χ4n) is 2.02. The van der Waals surface area contributed by atoms with E-state index in [0.717, 1.165) is 0 Å². The molecule has 1 saturated heterocycles. The van der Waals surface area contributed by atoms with Gasteiger partial charge in [0, 0.05) is 0 Å². The van der Waals surface area contributed by atoms with Crippen LogP contribution in [-0.4, -0.2) is 51.9 Å². The summed E-state index contributed by atoms with van der Waals surface area (Å²) in [4.78, 5) is 21.5. The summed E-state index contributed by atoms with van der Waals surface area (Å²) in [5.74, 6) is 0.266. The van der Waals surface area contributed by atoms with Crippen LogP contribution in [0, 0.1) is 6.92 Å². The van der Waals surface area contributed by atoms with Crippen molar-refractivity contribution in [2.45, 2.75) is 45.6 Å². The first-order chi connectivity index (χ1) is 10.2. The van der Waals surface area contributed by atoms with Gasteiger partial charge in [-0.2, -0.15) is 0 Å². The maximum atomic E-state index is 14.1. The van der Waals surface area contributed by atoms with Gasteiger partial charge in [-0.05, 0) is 43.6 Å². The first kappa shape index (κ1) is 16.9. The summed E-state index contributed by atoms with van der Waals surface area (Å²) >= 11 is 3.20. The van der Waals surface area contributed by atoms with Crippen LogP contribution >= 0.6 is 15.9 Å². The van der Waals surface area contributed by atoms with Crippen LogP contribution in [0.3, 0.4) is 0 Å². The van der Waals surface area contributed by atoms with Crippen LogP contribution in [0.15, 0.2) is 10.8 Å². The molecule has 8 heteroatoms. The van der Waals surface area contributed by atoms with Crippen molar-refractivity contribution < 1.29 is 18.7 Å². The molecular weight excluding hydrogens is 357 g/mol. The van der Waals surface area contributed by atoms with Crippen LogP contribution in [0.25, 0.3) is 0 Å². The molecule has 1 aliphatic heterocycles. The van der Waals surface area contributed by atoms with Gasteiger partial charge in [0.2, 0.25) is 5.88 Å². The third kappa shape index (κ3) is 4.28. The predicted octanol–water partition coefficient (Wildman–Crippen LogP) is 2.88. The first-order valence-corrected chi connectivity index (χ1v) is 7.73. The zero-order valence-corrected chi connectivity index (χ0v) is 14.6. The second-order valence-electron chi connectivity index (χ2n) is 6.14. The minimum absolute atomic E-state index is 0.0530. The normalized spacial score (nSPS) is 21.8. The Morgan fingerprint density at radius 2 is 2.14 bits per heavy atom. The smallest absolute Gasteiger partial charge is 0.410 e. The molecule has 1 aromatic heterocycles. The number of rotatable bonds is 2. The van der Waals surface area contributed by atoms with Crippen molar-refractivity contribution in [3.8, 4) is 5.88 Å². The minimum Gasteiger partial charge on any atom is -0.468 e. The summed E-state index contributed by atoms with van der Waals surface area (Å²) in [5, 5.41) is 0. The van der Waals surface area contributed by atoms with Gasteiger partial charge in [-0.1, -0.05) is 0 Å². The Labute approximate surface area is 137 Å². The summed E-state index contributed by atoms with van der Waals surface area (Å²) < 4.78 is 25.5. The number of hydrogen-bond acceptors (Lipinski definition) is 5. The Morgan fingerprint density at radius 1 is 1.45 bits per heavy atom. The molecule has 0 unspecified atom stereocenters. The summed E-state index contributed by atoms with van der Waals surface area (Å²) in [5.41, 5.74) is -0.0624. The monoisotopic (exact) mass is 375 g/mol. The van der Waals surface area contributed by atoms with Gasteiger partial charge >= 0.3 is 6.09 Å². The van der Waals surface area contributed by atoms with Gasteiger partial charge < -0.3 is 14.4 Å². The average molecular weight is 376 g/mol. The van der Waals surface area contributed by atoms with E-state index in [9.17, 15) is 9.18 Å². The molecule has 0 spiro atoms. The summed E-state index contributed by atoms with van der Waals surface area (Å²) in [6.45, 7) is 7.09. The van der Waals surface area contributed by atoms with Gasteiger partial charge in [-0.25, -0.2) is 19.2 Å². The lowest BCUT2D eigenvalue weighted by Crippen LogP contribution is -2.36. The number of nitrogens with zero attached hydrogens (tertiary/aromatic N) is 3. The van der Waals surface area contributed by atoms with Gasteiger partial charge in [0.1, 0.15) is 15.9 Å². The van der Waals surface area contributed by atoms with Crippen molar-refractivity contribution in [3.05, 3.63) is 16.5 Å². The number of carbonyl (C=O) groups is 1. The van der Waals surface area contributed by atoms with Gasteiger partial charge in [0.05, 0.1) is 19.3 Å². The molecule has 0 aliphatic carbocycles. The van der Waals surface area contributed by atoms with Crippen LogP contribution in [0.5, 0.6) is 5.88 Å². The minimum atomic E-state index is -1.29. The molecule has 2 heterocycles. The predicted molar refractivity (Wildman–Crippen MR) is 81.6 cm³/mol. The van der Waals surface area contributed by atoms with E-state index < -0.39 is 24.0 Å². The van der Waals surface area contributed by atoms with E-state index in [-0.39, 0.29) is 19.0 Å².